The number of nitrogens with zero attached hydrogens (tertiary/aromatic N) is 1. The van der Waals surface area contributed by atoms with Crippen molar-refractivity contribution in [2.24, 2.45) is 5.41 Å². The second-order valence-corrected chi connectivity index (χ2v) is 13.4. The molecule has 246 valence electrons. The average molecular weight is 664 g/mol. The standard InChI is InChI=1S/C34H34FN3O8S/c1-43-29-20-24-26(21-30(29)44-18-6-12-33(13-14-33)46-47(2,41)42)36-17-11-27(24)45-28-10-9-23(19-25(28)35)38-32(40)34(15-16-34)31(39)37-22-7-4-3-5-8-22/h3-5,7-11,17,19-21H,6,12-16,18H2,1-2H3,(H,37,39)(H,38,40). The van der Waals surface area contributed by atoms with Gasteiger partial charge in [0.1, 0.15) is 11.2 Å². The van der Waals surface area contributed by atoms with Crippen LogP contribution in [0, 0.1) is 11.2 Å². The number of amides is 2. The van der Waals surface area contributed by atoms with E-state index in [0.29, 0.717) is 79.0 Å². The van der Waals surface area contributed by atoms with Crippen molar-refractivity contribution in [3.63, 3.8) is 0 Å². The van der Waals surface area contributed by atoms with Crippen LogP contribution in [0.2, 0.25) is 0 Å². The summed E-state index contributed by atoms with van der Waals surface area (Å²) in [6, 6.07) is 17.9. The molecule has 0 spiro atoms. The molecular weight excluding hydrogens is 629 g/mol. The summed E-state index contributed by atoms with van der Waals surface area (Å²) in [5.41, 5.74) is -0.529. The number of halogens is 1. The van der Waals surface area contributed by atoms with Crippen LogP contribution in [0.15, 0.2) is 72.9 Å². The Hall–Kier alpha value is -4.75. The van der Waals surface area contributed by atoms with E-state index in [1.807, 2.05) is 6.07 Å². The first kappa shape index (κ1) is 32.2. The zero-order valence-electron chi connectivity index (χ0n) is 25.9. The first-order valence-corrected chi connectivity index (χ1v) is 17.0. The highest BCUT2D eigenvalue weighted by Gasteiger charge is 2.56. The molecule has 3 aromatic carbocycles. The number of fused-ring (bicyclic) bond motifs is 1. The largest absolute Gasteiger partial charge is 0.493 e. The first-order chi connectivity index (χ1) is 22.5. The second-order valence-electron chi connectivity index (χ2n) is 11.9. The van der Waals surface area contributed by atoms with Crippen LogP contribution in [0.5, 0.6) is 23.0 Å². The van der Waals surface area contributed by atoms with E-state index in [9.17, 15) is 18.0 Å². The molecule has 1 aromatic heterocycles. The van der Waals surface area contributed by atoms with Crippen molar-refractivity contribution < 1.29 is 40.8 Å². The van der Waals surface area contributed by atoms with Crippen LogP contribution in [0.3, 0.4) is 0 Å². The molecule has 6 rings (SSSR count). The number of aromatic nitrogens is 1. The molecule has 0 radical (unpaired) electrons. The number of anilines is 2. The third-order valence-corrected chi connectivity index (χ3v) is 8.87. The molecule has 0 atom stereocenters. The molecule has 13 heteroatoms. The highest BCUT2D eigenvalue weighted by molar-refractivity contribution is 7.86. The highest BCUT2D eigenvalue weighted by Crippen LogP contribution is 2.48. The molecule has 2 aliphatic carbocycles. The van der Waals surface area contributed by atoms with Crippen molar-refractivity contribution in [2.45, 2.75) is 44.1 Å². The van der Waals surface area contributed by atoms with Crippen molar-refractivity contribution in [1.82, 2.24) is 4.98 Å². The first-order valence-electron chi connectivity index (χ1n) is 15.1. The smallest absolute Gasteiger partial charge is 0.264 e. The van der Waals surface area contributed by atoms with E-state index in [2.05, 4.69) is 15.6 Å². The van der Waals surface area contributed by atoms with Crippen molar-refractivity contribution >= 4 is 44.2 Å². The monoisotopic (exact) mass is 663 g/mol. The van der Waals surface area contributed by atoms with Crippen molar-refractivity contribution in [2.75, 3.05) is 30.6 Å². The molecule has 0 bridgehead atoms. The minimum absolute atomic E-state index is 0.0805. The van der Waals surface area contributed by atoms with Crippen molar-refractivity contribution in [1.29, 1.82) is 0 Å². The van der Waals surface area contributed by atoms with Crippen LogP contribution in [-0.4, -0.2) is 50.8 Å². The minimum Gasteiger partial charge on any atom is -0.493 e. The molecule has 2 fully saturated rings. The molecule has 47 heavy (non-hydrogen) atoms. The van der Waals surface area contributed by atoms with Gasteiger partial charge in [0.15, 0.2) is 23.1 Å². The average Bonchev–Trinajstić information content (AvgIpc) is 3.97. The predicted octanol–water partition coefficient (Wildman–Crippen LogP) is 6.20. The van der Waals surface area contributed by atoms with Gasteiger partial charge in [0.2, 0.25) is 11.8 Å². The molecule has 0 saturated heterocycles. The van der Waals surface area contributed by atoms with E-state index in [1.165, 1.54) is 25.4 Å². The summed E-state index contributed by atoms with van der Waals surface area (Å²) in [7, 11) is -2.04. The Balaban J connectivity index is 1.10. The number of methoxy groups -OCH3 is 1. The van der Waals surface area contributed by atoms with Crippen LogP contribution in [0.25, 0.3) is 10.9 Å². The molecule has 1 heterocycles. The SMILES string of the molecule is COc1cc2c(Oc3ccc(NC(=O)C4(C(=O)Nc5ccccc5)CC4)cc3F)ccnc2cc1OCCCC1(OS(C)(=O)=O)CC1. The topological polar surface area (TPSA) is 142 Å². The van der Waals surface area contributed by atoms with Gasteiger partial charge in [-0.2, -0.15) is 8.42 Å². The minimum atomic E-state index is -3.53. The molecule has 0 unspecified atom stereocenters. The van der Waals surface area contributed by atoms with Gasteiger partial charge >= 0.3 is 0 Å². The lowest BCUT2D eigenvalue weighted by Gasteiger charge is -2.17. The Bertz CT molecular complexity index is 1930. The molecule has 2 aliphatic rings. The zero-order chi connectivity index (χ0) is 33.2. The van der Waals surface area contributed by atoms with Crippen LogP contribution >= 0.6 is 0 Å². The molecule has 2 saturated carbocycles. The number of hydrogen-bond acceptors (Lipinski definition) is 9. The number of rotatable bonds is 14. The Morgan fingerprint density at radius 2 is 1.60 bits per heavy atom. The molecule has 2 amide bonds. The van der Waals surface area contributed by atoms with Gasteiger partial charge in [0.05, 0.1) is 31.1 Å². The lowest BCUT2D eigenvalue weighted by molar-refractivity contribution is -0.131. The highest BCUT2D eigenvalue weighted by atomic mass is 32.2. The van der Waals surface area contributed by atoms with E-state index < -0.39 is 38.8 Å². The maximum atomic E-state index is 15.2. The Morgan fingerprint density at radius 1 is 0.872 bits per heavy atom. The third-order valence-electron chi connectivity index (χ3n) is 8.22. The maximum Gasteiger partial charge on any atom is 0.264 e. The summed E-state index contributed by atoms with van der Waals surface area (Å²) in [5.74, 6) is -0.531. The number of carbonyl (C=O) groups is 2. The van der Waals surface area contributed by atoms with Crippen LogP contribution in [-0.2, 0) is 23.9 Å². The van der Waals surface area contributed by atoms with E-state index >= 15 is 4.39 Å². The van der Waals surface area contributed by atoms with Crippen LogP contribution in [0.1, 0.15) is 38.5 Å². The van der Waals surface area contributed by atoms with Gasteiger partial charge < -0.3 is 24.8 Å². The van der Waals surface area contributed by atoms with Gasteiger partial charge in [0, 0.05) is 35.1 Å². The zero-order valence-corrected chi connectivity index (χ0v) is 26.7. The molecular formula is C34H34FN3O8S. The summed E-state index contributed by atoms with van der Waals surface area (Å²) in [4.78, 5) is 30.3. The van der Waals surface area contributed by atoms with Crippen LogP contribution in [0.4, 0.5) is 15.8 Å². The molecule has 11 nitrogen and oxygen atoms in total. The second kappa shape index (κ2) is 12.8. The quantitative estimate of drug-likeness (QED) is 0.0916. The normalized spacial score (nSPS) is 15.8. The van der Waals surface area contributed by atoms with Gasteiger partial charge in [-0.1, -0.05) is 18.2 Å². The van der Waals surface area contributed by atoms with Gasteiger partial charge in [-0.05, 0) is 74.9 Å². The van der Waals surface area contributed by atoms with E-state index in [1.54, 1.807) is 42.5 Å². The predicted molar refractivity (Wildman–Crippen MR) is 173 cm³/mol. The number of ether oxygens (including phenoxy) is 3. The number of carbonyl (C=O) groups excluding carboxylic acids is 2. The summed E-state index contributed by atoms with van der Waals surface area (Å²) < 4.78 is 61.0. The third kappa shape index (κ3) is 7.47. The number of nitrogens with one attached hydrogen (secondary N) is 2. The molecule has 0 aliphatic heterocycles. The molecule has 4 aromatic rings. The summed E-state index contributed by atoms with van der Waals surface area (Å²) in [5, 5.41) is 5.99. The van der Waals surface area contributed by atoms with Crippen LogP contribution < -0.4 is 24.8 Å². The lowest BCUT2D eigenvalue weighted by atomic mass is 10.0. The van der Waals surface area contributed by atoms with E-state index in [0.717, 1.165) is 12.3 Å². The van der Waals surface area contributed by atoms with E-state index in [-0.39, 0.29) is 11.4 Å². The molecule has 2 N–H and O–H groups in total. The van der Waals surface area contributed by atoms with Gasteiger partial charge in [-0.15, -0.1) is 0 Å². The maximum absolute atomic E-state index is 15.2. The fraction of sp³-hybridized carbons (Fsp3) is 0.324. The van der Waals surface area contributed by atoms with Gasteiger partial charge in [-0.3, -0.25) is 18.8 Å². The Labute approximate surface area is 271 Å². The lowest BCUT2D eigenvalue weighted by Crippen LogP contribution is -2.35. The fourth-order valence-corrected chi connectivity index (χ4v) is 6.28. The number of para-hydroxylation sites is 1. The number of benzene rings is 3. The van der Waals surface area contributed by atoms with Gasteiger partial charge in [0.25, 0.3) is 10.1 Å². The van der Waals surface area contributed by atoms with Crippen molar-refractivity contribution in [3.05, 3.63) is 78.7 Å². The van der Waals surface area contributed by atoms with Gasteiger partial charge in [-0.25, -0.2) is 4.39 Å². The Kier molecular flexibility index (Phi) is 8.77. The number of pyridine rings is 1. The summed E-state index contributed by atoms with van der Waals surface area (Å²) >= 11 is 0. The Morgan fingerprint density at radius 3 is 2.23 bits per heavy atom. The fourth-order valence-electron chi connectivity index (χ4n) is 5.39. The number of hydrogen-bond donors (Lipinski definition) is 2. The van der Waals surface area contributed by atoms with E-state index in [4.69, 9.17) is 18.4 Å². The summed E-state index contributed by atoms with van der Waals surface area (Å²) in [6.07, 6.45) is 5.88. The summed E-state index contributed by atoms with van der Waals surface area (Å²) in [6.45, 7) is 0.305. The van der Waals surface area contributed by atoms with Crippen molar-refractivity contribution in [3.8, 4) is 23.0 Å².